The van der Waals surface area contributed by atoms with Crippen molar-refractivity contribution in [2.24, 2.45) is 23.7 Å². The lowest BCUT2D eigenvalue weighted by molar-refractivity contribution is -0.571. The summed E-state index contributed by atoms with van der Waals surface area (Å²) < 4.78 is 52.6. The van der Waals surface area contributed by atoms with Crippen LogP contribution in [0.1, 0.15) is 58.4 Å². The van der Waals surface area contributed by atoms with Crippen LogP contribution in [-0.2, 0) is 25.4 Å². The van der Waals surface area contributed by atoms with Crippen LogP contribution in [0.25, 0.3) is 0 Å². The first-order valence-electron chi connectivity index (χ1n) is 13.9. The largest absolute Gasteiger partial charge is 0.416 e. The Hall–Kier alpha value is -1.39. The standard InChI is InChI=1S/C28H39F3N2O4/c1-18-7-8-23-19(2)24(34-25-27(23)22(18)9-11-26(3,35-25)36-37-27)10-12-32-13-15-33(16-14-32)21-6-4-5-20(17-21)28(29,30)31/h4-6,17-19,22-25H,7-16H2,1-3H3/t18-,19-,22+,23?,24-,25-,26+,27-/m1/s1. The summed E-state index contributed by atoms with van der Waals surface area (Å²) in [7, 11) is 0. The zero-order chi connectivity index (χ0) is 26.0. The number of piperazine rings is 1. The molecule has 1 aromatic rings. The summed E-state index contributed by atoms with van der Waals surface area (Å²) in [5.41, 5.74) is -0.479. The van der Waals surface area contributed by atoms with Crippen molar-refractivity contribution in [1.82, 2.24) is 4.90 Å². The Morgan fingerprint density at radius 2 is 1.78 bits per heavy atom. The second-order valence-corrected chi connectivity index (χ2v) is 12.1. The average molecular weight is 525 g/mol. The van der Waals surface area contributed by atoms with Crippen molar-refractivity contribution in [2.75, 3.05) is 37.6 Å². The molecular formula is C28H39F3N2O4. The van der Waals surface area contributed by atoms with Gasteiger partial charge in [-0.3, -0.25) is 4.90 Å². The number of anilines is 1. The summed E-state index contributed by atoms with van der Waals surface area (Å²) in [6.07, 6.45) is 0.362. The second kappa shape index (κ2) is 9.37. The van der Waals surface area contributed by atoms with Gasteiger partial charge in [-0.05, 0) is 68.6 Å². The van der Waals surface area contributed by atoms with Gasteiger partial charge in [-0.15, -0.1) is 0 Å². The first kappa shape index (κ1) is 25.9. The van der Waals surface area contributed by atoms with E-state index in [1.807, 2.05) is 11.8 Å². The smallest absolute Gasteiger partial charge is 0.369 e. The summed E-state index contributed by atoms with van der Waals surface area (Å²) in [5.74, 6) is 0.813. The van der Waals surface area contributed by atoms with Crippen LogP contribution in [0, 0.1) is 23.7 Å². The third kappa shape index (κ3) is 4.48. The topological polar surface area (TPSA) is 43.4 Å². The SMILES string of the molecule is C[C@@H]1CCC2[C@@H](C)[C@@H](CCN3CCN(c4cccc(C(F)(F)F)c4)CC3)O[C@@H]3O[C@]4(C)CC[C@@H]1[C@@]23OO4. The maximum absolute atomic E-state index is 13.1. The molecule has 1 spiro atoms. The molecular weight excluding hydrogens is 485 g/mol. The van der Waals surface area contributed by atoms with Crippen LogP contribution in [0.5, 0.6) is 0 Å². The Morgan fingerprint density at radius 1 is 1.00 bits per heavy atom. The molecule has 2 bridgehead atoms. The monoisotopic (exact) mass is 524 g/mol. The second-order valence-electron chi connectivity index (χ2n) is 12.1. The van der Waals surface area contributed by atoms with Crippen molar-refractivity contribution in [3.05, 3.63) is 29.8 Å². The van der Waals surface area contributed by atoms with E-state index < -0.39 is 29.4 Å². The van der Waals surface area contributed by atoms with Gasteiger partial charge in [0.15, 0.2) is 11.9 Å². The van der Waals surface area contributed by atoms with E-state index in [9.17, 15) is 13.2 Å². The normalized spacial score (nSPS) is 42.4. The van der Waals surface area contributed by atoms with Crippen molar-refractivity contribution in [1.29, 1.82) is 0 Å². The predicted molar refractivity (Wildman–Crippen MR) is 132 cm³/mol. The van der Waals surface area contributed by atoms with Gasteiger partial charge >= 0.3 is 6.18 Å². The van der Waals surface area contributed by atoms with Gasteiger partial charge in [0.2, 0.25) is 5.79 Å². The quantitative estimate of drug-likeness (QED) is 0.487. The van der Waals surface area contributed by atoms with Gasteiger partial charge in [0.25, 0.3) is 0 Å². The maximum atomic E-state index is 13.1. The van der Waals surface area contributed by atoms with E-state index in [0.29, 0.717) is 42.4 Å². The van der Waals surface area contributed by atoms with E-state index in [0.717, 1.165) is 51.4 Å². The summed E-state index contributed by atoms with van der Waals surface area (Å²) >= 11 is 0. The molecule has 1 saturated carbocycles. The lowest BCUT2D eigenvalue weighted by atomic mass is 9.57. The summed E-state index contributed by atoms with van der Waals surface area (Å²) in [4.78, 5) is 16.6. The zero-order valence-electron chi connectivity index (χ0n) is 22.0. The number of alkyl halides is 3. The Balaban J connectivity index is 1.09. The molecule has 5 saturated heterocycles. The van der Waals surface area contributed by atoms with Crippen LogP contribution >= 0.6 is 0 Å². The van der Waals surface area contributed by atoms with E-state index >= 15 is 0 Å². The number of nitrogens with zero attached hydrogens (tertiary/aromatic N) is 2. The van der Waals surface area contributed by atoms with Crippen molar-refractivity contribution in [3.63, 3.8) is 0 Å². The fraction of sp³-hybridized carbons (Fsp3) is 0.786. The summed E-state index contributed by atoms with van der Waals surface area (Å²) in [6, 6.07) is 5.65. The molecule has 9 heteroatoms. The molecule has 1 unspecified atom stereocenters. The predicted octanol–water partition coefficient (Wildman–Crippen LogP) is 5.47. The zero-order valence-corrected chi connectivity index (χ0v) is 22.0. The van der Waals surface area contributed by atoms with E-state index in [-0.39, 0.29) is 6.10 Å². The first-order valence-corrected chi connectivity index (χ1v) is 13.9. The third-order valence-electron chi connectivity index (χ3n) is 9.94. The number of hydrogen-bond donors (Lipinski definition) is 0. The highest BCUT2D eigenvalue weighted by molar-refractivity contribution is 5.49. The minimum absolute atomic E-state index is 0.0720. The van der Waals surface area contributed by atoms with Gasteiger partial charge in [0.1, 0.15) is 0 Å². The lowest BCUT2D eigenvalue weighted by Gasteiger charge is -2.60. The number of benzene rings is 1. The van der Waals surface area contributed by atoms with Crippen LogP contribution in [0.3, 0.4) is 0 Å². The van der Waals surface area contributed by atoms with Gasteiger partial charge in [-0.1, -0.05) is 19.9 Å². The van der Waals surface area contributed by atoms with E-state index in [4.69, 9.17) is 19.2 Å². The fourth-order valence-corrected chi connectivity index (χ4v) is 7.73. The molecule has 206 valence electrons. The number of fused-ring (bicyclic) bond motifs is 2. The van der Waals surface area contributed by atoms with Crippen molar-refractivity contribution in [2.45, 2.75) is 82.8 Å². The Morgan fingerprint density at radius 3 is 2.54 bits per heavy atom. The minimum atomic E-state index is -4.32. The molecule has 1 aromatic carbocycles. The van der Waals surface area contributed by atoms with Crippen LogP contribution in [0.2, 0.25) is 0 Å². The van der Waals surface area contributed by atoms with Crippen LogP contribution in [0.15, 0.2) is 24.3 Å². The first-order chi connectivity index (χ1) is 17.6. The van der Waals surface area contributed by atoms with Gasteiger partial charge in [0, 0.05) is 50.7 Å². The molecule has 6 fully saturated rings. The van der Waals surface area contributed by atoms with Crippen molar-refractivity contribution in [3.8, 4) is 0 Å². The van der Waals surface area contributed by atoms with Crippen LogP contribution in [0.4, 0.5) is 18.9 Å². The number of hydrogen-bond acceptors (Lipinski definition) is 6. The van der Waals surface area contributed by atoms with Gasteiger partial charge in [0.05, 0.1) is 11.7 Å². The van der Waals surface area contributed by atoms with Crippen molar-refractivity contribution >= 4 is 5.69 Å². The van der Waals surface area contributed by atoms with E-state index in [1.54, 1.807) is 6.07 Å². The maximum Gasteiger partial charge on any atom is 0.416 e. The Labute approximate surface area is 217 Å². The van der Waals surface area contributed by atoms with E-state index in [2.05, 4.69) is 18.7 Å². The van der Waals surface area contributed by atoms with Gasteiger partial charge in [-0.2, -0.15) is 13.2 Å². The number of halogens is 3. The average Bonchev–Trinajstić information content (AvgIpc) is 3.11. The fourth-order valence-electron chi connectivity index (χ4n) is 7.73. The summed E-state index contributed by atoms with van der Waals surface area (Å²) in [6.45, 7) is 10.5. The number of rotatable bonds is 4. The molecule has 6 aliphatic rings. The molecule has 1 aliphatic carbocycles. The molecule has 8 atom stereocenters. The Bertz CT molecular complexity index is 986. The van der Waals surface area contributed by atoms with Gasteiger partial charge in [-0.25, -0.2) is 9.78 Å². The van der Waals surface area contributed by atoms with Crippen molar-refractivity contribution < 1.29 is 32.4 Å². The highest BCUT2D eigenvalue weighted by Crippen LogP contribution is 2.60. The molecule has 6 nitrogen and oxygen atoms in total. The molecule has 37 heavy (non-hydrogen) atoms. The molecule has 0 radical (unpaired) electrons. The van der Waals surface area contributed by atoms with Crippen LogP contribution in [-0.4, -0.2) is 61.4 Å². The highest BCUT2D eigenvalue weighted by Gasteiger charge is 2.69. The number of ether oxygens (including phenoxy) is 2. The molecule has 5 aliphatic heterocycles. The summed E-state index contributed by atoms with van der Waals surface area (Å²) in [5, 5.41) is 0. The molecule has 0 N–H and O–H groups in total. The van der Waals surface area contributed by atoms with Crippen LogP contribution < -0.4 is 4.90 Å². The molecule has 0 aromatic heterocycles. The van der Waals surface area contributed by atoms with E-state index in [1.165, 1.54) is 18.6 Å². The molecule has 5 heterocycles. The minimum Gasteiger partial charge on any atom is -0.369 e. The Kier molecular flexibility index (Phi) is 6.55. The lowest BCUT2D eigenvalue weighted by Crippen LogP contribution is -2.70. The molecule has 7 rings (SSSR count). The third-order valence-corrected chi connectivity index (χ3v) is 9.94. The molecule has 0 amide bonds. The highest BCUT2D eigenvalue weighted by atomic mass is 19.4. The van der Waals surface area contributed by atoms with Gasteiger partial charge < -0.3 is 14.4 Å².